The van der Waals surface area contributed by atoms with Crippen LogP contribution in [0.25, 0.3) is 0 Å². The number of carboxylic acid groups (broad SMARTS) is 1. The van der Waals surface area contributed by atoms with Gasteiger partial charge in [-0.2, -0.15) is 0 Å². The fourth-order valence-electron chi connectivity index (χ4n) is 3.10. The van der Waals surface area contributed by atoms with Crippen molar-refractivity contribution in [1.29, 1.82) is 0 Å². The van der Waals surface area contributed by atoms with Crippen LogP contribution >= 0.6 is 0 Å². The van der Waals surface area contributed by atoms with E-state index >= 15 is 0 Å². The Balaban J connectivity index is 1.99. The molecule has 2 unspecified atom stereocenters. The van der Waals surface area contributed by atoms with Crippen LogP contribution in [-0.4, -0.2) is 42.2 Å². The monoisotopic (exact) mass is 291 g/mol. The predicted molar refractivity (Wildman–Crippen MR) is 82.7 cm³/mol. The van der Waals surface area contributed by atoms with Crippen molar-refractivity contribution in [3.63, 3.8) is 0 Å². The number of methoxy groups -OCH3 is 1. The van der Waals surface area contributed by atoms with Crippen molar-refractivity contribution in [1.82, 2.24) is 4.90 Å². The molecule has 1 aromatic rings. The van der Waals surface area contributed by atoms with Gasteiger partial charge in [-0.1, -0.05) is 19.1 Å². The highest BCUT2D eigenvalue weighted by atomic mass is 16.5. The summed E-state index contributed by atoms with van der Waals surface area (Å²) in [4.78, 5) is 13.6. The highest BCUT2D eigenvalue weighted by molar-refractivity contribution is 5.70. The van der Waals surface area contributed by atoms with Crippen LogP contribution in [0.5, 0.6) is 5.75 Å². The van der Waals surface area contributed by atoms with Crippen LogP contribution in [0.3, 0.4) is 0 Å². The molecule has 2 atom stereocenters. The number of hydrogen-bond acceptors (Lipinski definition) is 3. The minimum atomic E-state index is -0.654. The van der Waals surface area contributed by atoms with Crippen molar-refractivity contribution in [2.75, 3.05) is 20.2 Å². The molecule has 1 aliphatic rings. The summed E-state index contributed by atoms with van der Waals surface area (Å²) < 4.78 is 5.18. The summed E-state index contributed by atoms with van der Waals surface area (Å²) in [7, 11) is 1.67. The zero-order chi connectivity index (χ0) is 15.2. The van der Waals surface area contributed by atoms with Gasteiger partial charge in [0.15, 0.2) is 0 Å². The molecule has 4 heteroatoms. The maximum absolute atomic E-state index is 11.2. The quantitative estimate of drug-likeness (QED) is 0.875. The van der Waals surface area contributed by atoms with E-state index in [1.165, 1.54) is 5.56 Å². The zero-order valence-electron chi connectivity index (χ0n) is 12.9. The van der Waals surface area contributed by atoms with Crippen molar-refractivity contribution in [2.45, 2.75) is 38.6 Å². The summed E-state index contributed by atoms with van der Waals surface area (Å²) in [5.41, 5.74) is 1.28. The van der Waals surface area contributed by atoms with E-state index in [2.05, 4.69) is 24.0 Å². The van der Waals surface area contributed by atoms with Crippen LogP contribution < -0.4 is 4.74 Å². The number of piperidine rings is 1. The minimum Gasteiger partial charge on any atom is -0.497 e. The van der Waals surface area contributed by atoms with Gasteiger partial charge in [0.2, 0.25) is 0 Å². The number of ether oxygens (including phenoxy) is 1. The summed E-state index contributed by atoms with van der Waals surface area (Å²) in [5.74, 6) is 0.0124. The van der Waals surface area contributed by atoms with Crippen LogP contribution in [0.4, 0.5) is 0 Å². The first-order valence-corrected chi connectivity index (χ1v) is 7.73. The van der Waals surface area contributed by atoms with Gasteiger partial charge in [0.1, 0.15) is 5.75 Å². The highest BCUT2D eigenvalue weighted by Gasteiger charge is 2.28. The second-order valence-corrected chi connectivity index (χ2v) is 5.79. The lowest BCUT2D eigenvalue weighted by molar-refractivity contribution is -0.143. The van der Waals surface area contributed by atoms with Gasteiger partial charge in [-0.25, -0.2) is 0 Å². The van der Waals surface area contributed by atoms with Gasteiger partial charge in [-0.3, -0.25) is 9.69 Å². The first-order chi connectivity index (χ1) is 10.1. The van der Waals surface area contributed by atoms with E-state index in [0.717, 1.165) is 38.0 Å². The molecule has 0 radical (unpaired) electrons. The molecule has 1 aliphatic heterocycles. The number of carbonyl (C=O) groups is 1. The number of carboxylic acids is 1. The summed E-state index contributed by atoms with van der Waals surface area (Å²) >= 11 is 0. The molecule has 1 N–H and O–H groups in total. The third-order valence-corrected chi connectivity index (χ3v) is 4.42. The fraction of sp³-hybridized carbons (Fsp3) is 0.588. The SMILES string of the molecule is CCC(Cc1ccc(OC)cc1)N1CCCC(C(=O)O)C1. The average molecular weight is 291 g/mol. The van der Waals surface area contributed by atoms with Gasteiger partial charge >= 0.3 is 5.97 Å². The van der Waals surface area contributed by atoms with Crippen LogP contribution in [0.2, 0.25) is 0 Å². The molecule has 0 aromatic heterocycles. The van der Waals surface area contributed by atoms with E-state index in [-0.39, 0.29) is 5.92 Å². The first-order valence-electron chi connectivity index (χ1n) is 7.73. The van der Waals surface area contributed by atoms with Crippen LogP contribution in [0.1, 0.15) is 31.7 Å². The first kappa shape index (κ1) is 15.8. The Morgan fingerprint density at radius 3 is 2.71 bits per heavy atom. The van der Waals surface area contributed by atoms with Crippen LogP contribution in [0, 0.1) is 5.92 Å². The molecule has 2 rings (SSSR count). The lowest BCUT2D eigenvalue weighted by atomic mass is 9.94. The zero-order valence-corrected chi connectivity index (χ0v) is 12.9. The molecular weight excluding hydrogens is 266 g/mol. The number of aliphatic carboxylic acids is 1. The highest BCUT2D eigenvalue weighted by Crippen LogP contribution is 2.22. The van der Waals surface area contributed by atoms with Gasteiger partial charge in [-0.15, -0.1) is 0 Å². The standard InChI is InChI=1S/C17H25NO3/c1-3-15(11-13-6-8-16(21-2)9-7-13)18-10-4-5-14(12-18)17(19)20/h6-9,14-15H,3-5,10-12H2,1-2H3,(H,19,20). The molecule has 0 saturated carbocycles. The second kappa shape index (κ2) is 7.46. The largest absolute Gasteiger partial charge is 0.497 e. The topological polar surface area (TPSA) is 49.8 Å². The molecular formula is C17H25NO3. The molecule has 1 heterocycles. The average Bonchev–Trinajstić information content (AvgIpc) is 2.53. The summed E-state index contributed by atoms with van der Waals surface area (Å²) in [6.07, 6.45) is 3.80. The third-order valence-electron chi connectivity index (χ3n) is 4.42. The maximum atomic E-state index is 11.2. The Morgan fingerprint density at radius 2 is 2.14 bits per heavy atom. The summed E-state index contributed by atoms with van der Waals surface area (Å²) in [6, 6.07) is 8.58. The lowest BCUT2D eigenvalue weighted by Crippen LogP contribution is -2.45. The number of likely N-dealkylation sites (tertiary alicyclic amines) is 1. The number of rotatable bonds is 6. The molecule has 1 saturated heterocycles. The lowest BCUT2D eigenvalue weighted by Gasteiger charge is -2.36. The fourth-order valence-corrected chi connectivity index (χ4v) is 3.10. The molecule has 0 bridgehead atoms. The molecule has 0 spiro atoms. The van der Waals surface area contributed by atoms with Gasteiger partial charge in [0, 0.05) is 12.6 Å². The molecule has 21 heavy (non-hydrogen) atoms. The molecule has 4 nitrogen and oxygen atoms in total. The summed E-state index contributed by atoms with van der Waals surface area (Å²) in [6.45, 7) is 3.88. The van der Waals surface area contributed by atoms with Crippen molar-refractivity contribution >= 4 is 5.97 Å². The van der Waals surface area contributed by atoms with Gasteiger partial charge in [-0.05, 0) is 49.9 Å². The Morgan fingerprint density at radius 1 is 1.43 bits per heavy atom. The van der Waals surface area contributed by atoms with E-state index < -0.39 is 5.97 Å². The van der Waals surface area contributed by atoms with E-state index in [0.29, 0.717) is 12.6 Å². The smallest absolute Gasteiger partial charge is 0.307 e. The van der Waals surface area contributed by atoms with Crippen molar-refractivity contribution in [3.05, 3.63) is 29.8 Å². The van der Waals surface area contributed by atoms with E-state index in [1.807, 2.05) is 12.1 Å². The summed E-state index contributed by atoms with van der Waals surface area (Å²) in [5, 5.41) is 9.22. The van der Waals surface area contributed by atoms with Crippen molar-refractivity contribution in [2.24, 2.45) is 5.92 Å². The maximum Gasteiger partial charge on any atom is 0.307 e. The number of hydrogen-bond donors (Lipinski definition) is 1. The van der Waals surface area contributed by atoms with Gasteiger partial charge in [0.25, 0.3) is 0 Å². The van der Waals surface area contributed by atoms with E-state index in [1.54, 1.807) is 7.11 Å². The van der Waals surface area contributed by atoms with Crippen LogP contribution in [-0.2, 0) is 11.2 Å². The molecule has 116 valence electrons. The van der Waals surface area contributed by atoms with Crippen LogP contribution in [0.15, 0.2) is 24.3 Å². The van der Waals surface area contributed by atoms with E-state index in [9.17, 15) is 9.90 Å². The number of nitrogens with zero attached hydrogens (tertiary/aromatic N) is 1. The number of benzene rings is 1. The van der Waals surface area contributed by atoms with Crippen molar-refractivity contribution < 1.29 is 14.6 Å². The third kappa shape index (κ3) is 4.21. The second-order valence-electron chi connectivity index (χ2n) is 5.79. The normalized spacial score (nSPS) is 21.0. The molecule has 1 aromatic carbocycles. The Labute approximate surface area is 126 Å². The van der Waals surface area contributed by atoms with E-state index in [4.69, 9.17) is 4.74 Å². The molecule has 0 aliphatic carbocycles. The van der Waals surface area contributed by atoms with Gasteiger partial charge < -0.3 is 9.84 Å². The molecule has 1 fully saturated rings. The Hall–Kier alpha value is -1.55. The molecule has 0 amide bonds. The Bertz CT molecular complexity index is 458. The predicted octanol–water partition coefficient (Wildman–Crippen LogP) is 2.81. The van der Waals surface area contributed by atoms with Gasteiger partial charge in [0.05, 0.1) is 13.0 Å². The van der Waals surface area contributed by atoms with Crippen molar-refractivity contribution in [3.8, 4) is 5.75 Å². The minimum absolute atomic E-state index is 0.205. The Kier molecular flexibility index (Phi) is 5.62.